The fourth-order valence-electron chi connectivity index (χ4n) is 2.60. The number of nitrogens with zero attached hydrogens (tertiary/aromatic N) is 4. The minimum absolute atomic E-state index is 0.232. The van der Waals surface area contributed by atoms with Crippen molar-refractivity contribution in [3.63, 3.8) is 0 Å². The maximum absolute atomic E-state index is 12.3. The van der Waals surface area contributed by atoms with Crippen molar-refractivity contribution in [1.82, 2.24) is 24.5 Å². The van der Waals surface area contributed by atoms with Crippen LogP contribution in [-0.2, 0) is 10.0 Å². The number of benzene rings is 1. The van der Waals surface area contributed by atoms with Gasteiger partial charge >= 0.3 is 0 Å². The van der Waals surface area contributed by atoms with Gasteiger partial charge in [-0.3, -0.25) is 0 Å². The Bertz CT molecular complexity index is 1030. The van der Waals surface area contributed by atoms with Crippen LogP contribution in [0, 0.1) is 20.8 Å². The first-order chi connectivity index (χ1) is 12.8. The molecule has 0 unspecified atom stereocenters. The van der Waals surface area contributed by atoms with Crippen molar-refractivity contribution in [2.75, 3.05) is 18.4 Å². The Balaban J connectivity index is 1.59. The summed E-state index contributed by atoms with van der Waals surface area (Å²) in [6, 6.07) is 10.5. The molecule has 0 saturated carbocycles. The van der Waals surface area contributed by atoms with Crippen LogP contribution in [-0.4, -0.2) is 41.3 Å². The first-order valence-corrected chi connectivity index (χ1v) is 9.99. The van der Waals surface area contributed by atoms with E-state index in [1.807, 2.05) is 26.8 Å². The molecular weight excluding hydrogens is 364 g/mol. The summed E-state index contributed by atoms with van der Waals surface area (Å²) in [5.74, 6) is 1.25. The molecule has 0 aliphatic heterocycles. The predicted molar refractivity (Wildman–Crippen MR) is 103 cm³/mol. The minimum Gasteiger partial charge on any atom is -0.369 e. The predicted octanol–water partition coefficient (Wildman–Crippen LogP) is 1.98. The third kappa shape index (κ3) is 4.69. The van der Waals surface area contributed by atoms with E-state index in [0.29, 0.717) is 18.2 Å². The summed E-state index contributed by atoms with van der Waals surface area (Å²) in [6.07, 6.45) is 1.45. The van der Waals surface area contributed by atoms with E-state index >= 15 is 0 Å². The van der Waals surface area contributed by atoms with E-state index in [9.17, 15) is 8.42 Å². The summed E-state index contributed by atoms with van der Waals surface area (Å²) in [5, 5.41) is 7.49. The Morgan fingerprint density at radius 1 is 1.00 bits per heavy atom. The van der Waals surface area contributed by atoms with Gasteiger partial charge in [0.25, 0.3) is 0 Å². The van der Waals surface area contributed by atoms with Crippen molar-refractivity contribution in [2.24, 2.45) is 0 Å². The summed E-state index contributed by atoms with van der Waals surface area (Å²) < 4.78 is 28.8. The van der Waals surface area contributed by atoms with Crippen LogP contribution in [0.3, 0.4) is 0 Å². The molecule has 142 valence electrons. The molecule has 0 aliphatic carbocycles. The molecule has 3 rings (SSSR count). The Morgan fingerprint density at radius 2 is 1.74 bits per heavy atom. The molecule has 0 bridgehead atoms. The van der Waals surface area contributed by atoms with Gasteiger partial charge in [0.2, 0.25) is 10.0 Å². The van der Waals surface area contributed by atoms with Gasteiger partial charge in [-0.2, -0.15) is 5.10 Å². The van der Waals surface area contributed by atoms with Gasteiger partial charge < -0.3 is 5.32 Å². The summed E-state index contributed by atoms with van der Waals surface area (Å²) >= 11 is 0. The van der Waals surface area contributed by atoms with E-state index in [4.69, 9.17) is 0 Å². The minimum atomic E-state index is -3.52. The highest BCUT2D eigenvalue weighted by Crippen LogP contribution is 2.12. The Kier molecular flexibility index (Phi) is 5.52. The van der Waals surface area contributed by atoms with Crippen molar-refractivity contribution in [2.45, 2.75) is 25.7 Å². The fraction of sp³-hybridized carbons (Fsp3) is 0.278. The number of aryl methyl sites for hydroxylation is 3. The molecule has 2 aromatic heterocycles. The van der Waals surface area contributed by atoms with Crippen molar-refractivity contribution >= 4 is 15.8 Å². The van der Waals surface area contributed by atoms with E-state index in [0.717, 1.165) is 17.0 Å². The monoisotopic (exact) mass is 386 g/mol. The Hall–Kier alpha value is -2.78. The fourth-order valence-corrected chi connectivity index (χ4v) is 3.63. The van der Waals surface area contributed by atoms with Crippen LogP contribution in [0.5, 0.6) is 0 Å². The molecule has 0 atom stereocenters. The highest BCUT2D eigenvalue weighted by atomic mass is 32.2. The summed E-state index contributed by atoms with van der Waals surface area (Å²) in [7, 11) is -3.52. The van der Waals surface area contributed by atoms with Crippen molar-refractivity contribution in [3.05, 3.63) is 59.7 Å². The second-order valence-electron chi connectivity index (χ2n) is 6.24. The maximum Gasteiger partial charge on any atom is 0.240 e. The lowest BCUT2D eigenvalue weighted by atomic mass is 10.2. The third-order valence-electron chi connectivity index (χ3n) is 3.93. The Labute approximate surface area is 158 Å². The lowest BCUT2D eigenvalue weighted by Crippen LogP contribution is -2.29. The van der Waals surface area contributed by atoms with Gasteiger partial charge in [0.15, 0.2) is 5.82 Å². The number of nitrogens with one attached hydrogen (secondary N) is 2. The smallest absolute Gasteiger partial charge is 0.240 e. The van der Waals surface area contributed by atoms with Crippen LogP contribution in [0.4, 0.5) is 5.82 Å². The van der Waals surface area contributed by atoms with Crippen LogP contribution in [0.25, 0.3) is 5.82 Å². The zero-order chi connectivity index (χ0) is 19.4. The molecule has 2 heterocycles. The van der Waals surface area contributed by atoms with E-state index in [-0.39, 0.29) is 11.4 Å². The average Bonchev–Trinajstić information content (AvgIpc) is 2.98. The SMILES string of the molecule is Cc1ccc(S(=O)(=O)NCCNc2cc(-n3nc(C)cc3C)ncn2)cc1. The van der Waals surface area contributed by atoms with Crippen molar-refractivity contribution < 1.29 is 8.42 Å². The molecule has 0 radical (unpaired) electrons. The zero-order valence-corrected chi connectivity index (χ0v) is 16.3. The highest BCUT2D eigenvalue weighted by Gasteiger charge is 2.12. The van der Waals surface area contributed by atoms with E-state index in [1.54, 1.807) is 35.0 Å². The Morgan fingerprint density at radius 3 is 2.41 bits per heavy atom. The molecule has 0 saturated heterocycles. The lowest BCUT2D eigenvalue weighted by molar-refractivity contribution is 0.583. The van der Waals surface area contributed by atoms with Crippen molar-refractivity contribution in [3.8, 4) is 5.82 Å². The van der Waals surface area contributed by atoms with Crippen LogP contribution in [0.15, 0.2) is 47.6 Å². The van der Waals surface area contributed by atoms with Gasteiger partial charge in [-0.15, -0.1) is 0 Å². The molecule has 2 N–H and O–H groups in total. The van der Waals surface area contributed by atoms with Gasteiger partial charge in [0, 0.05) is 24.8 Å². The summed E-state index contributed by atoms with van der Waals surface area (Å²) in [6.45, 7) is 6.41. The van der Waals surface area contributed by atoms with E-state index < -0.39 is 10.0 Å². The van der Waals surface area contributed by atoms with Crippen LogP contribution in [0.2, 0.25) is 0 Å². The third-order valence-corrected chi connectivity index (χ3v) is 5.41. The first kappa shape index (κ1) is 19.0. The standard InChI is InChI=1S/C18H22N6O2S/c1-13-4-6-16(7-5-13)27(25,26)22-9-8-19-17-11-18(21-12-20-17)24-15(3)10-14(2)23-24/h4-7,10-12,22H,8-9H2,1-3H3,(H,19,20,21). The first-order valence-electron chi connectivity index (χ1n) is 8.51. The molecular formula is C18H22N6O2S. The molecule has 0 fully saturated rings. The van der Waals surface area contributed by atoms with Gasteiger partial charge in [0.05, 0.1) is 10.6 Å². The molecule has 27 heavy (non-hydrogen) atoms. The quantitative estimate of drug-likeness (QED) is 0.602. The molecule has 0 amide bonds. The number of hydrogen-bond donors (Lipinski definition) is 2. The second-order valence-corrected chi connectivity index (χ2v) is 8.00. The summed E-state index contributed by atoms with van der Waals surface area (Å²) in [5.41, 5.74) is 2.90. The number of aromatic nitrogens is 4. The number of rotatable bonds is 7. The molecule has 0 spiro atoms. The highest BCUT2D eigenvalue weighted by molar-refractivity contribution is 7.89. The van der Waals surface area contributed by atoms with Crippen molar-refractivity contribution in [1.29, 1.82) is 0 Å². The molecule has 3 aromatic rings. The molecule has 8 nitrogen and oxygen atoms in total. The zero-order valence-electron chi connectivity index (χ0n) is 15.5. The largest absolute Gasteiger partial charge is 0.369 e. The van der Waals surface area contributed by atoms with Gasteiger partial charge in [-0.05, 0) is 39.0 Å². The number of hydrogen-bond acceptors (Lipinski definition) is 6. The van der Waals surface area contributed by atoms with E-state index in [1.165, 1.54) is 6.33 Å². The molecule has 1 aromatic carbocycles. The number of sulfonamides is 1. The van der Waals surface area contributed by atoms with Crippen LogP contribution >= 0.6 is 0 Å². The van der Waals surface area contributed by atoms with E-state index in [2.05, 4.69) is 25.1 Å². The summed E-state index contributed by atoms with van der Waals surface area (Å²) in [4.78, 5) is 8.65. The molecule has 0 aliphatic rings. The van der Waals surface area contributed by atoms with Gasteiger partial charge in [-0.1, -0.05) is 17.7 Å². The maximum atomic E-state index is 12.3. The second kappa shape index (κ2) is 7.85. The number of anilines is 1. The van der Waals surface area contributed by atoms with Gasteiger partial charge in [0.1, 0.15) is 12.1 Å². The van der Waals surface area contributed by atoms with Gasteiger partial charge in [-0.25, -0.2) is 27.8 Å². The normalized spacial score (nSPS) is 11.5. The topological polar surface area (TPSA) is 102 Å². The van der Waals surface area contributed by atoms with Crippen LogP contribution in [0.1, 0.15) is 17.0 Å². The lowest BCUT2D eigenvalue weighted by Gasteiger charge is -2.09. The molecule has 9 heteroatoms. The van der Waals surface area contributed by atoms with Crippen LogP contribution < -0.4 is 10.0 Å². The average molecular weight is 386 g/mol.